The Hall–Kier alpha value is -2.17. The van der Waals surface area contributed by atoms with Crippen LogP contribution in [-0.4, -0.2) is 51.9 Å². The Bertz CT molecular complexity index is 982. The fourth-order valence-corrected chi connectivity index (χ4v) is 4.17. The molecule has 0 radical (unpaired) electrons. The largest absolute Gasteiger partial charge is 0.496 e. The van der Waals surface area contributed by atoms with Gasteiger partial charge in [0.05, 0.1) is 53.6 Å². The normalized spacial score (nSPS) is 19.4. The second kappa shape index (κ2) is 8.46. The minimum Gasteiger partial charge on any atom is -0.496 e. The van der Waals surface area contributed by atoms with Gasteiger partial charge in [-0.15, -0.1) is 0 Å². The van der Waals surface area contributed by atoms with Gasteiger partial charge in [-0.3, -0.25) is 4.79 Å². The van der Waals surface area contributed by atoms with Crippen LogP contribution >= 0.6 is 11.6 Å². The highest BCUT2D eigenvalue weighted by Crippen LogP contribution is 2.26. The first-order valence-corrected chi connectivity index (χ1v) is 10.2. The van der Waals surface area contributed by atoms with Gasteiger partial charge in [-0.25, -0.2) is 13.1 Å². The number of rotatable bonds is 6. The molecular weight excluding hydrogens is 408 g/mol. The van der Waals surface area contributed by atoms with Crippen LogP contribution in [0.5, 0.6) is 5.75 Å². The number of aliphatic hydroxyl groups excluding tert-OH is 1. The van der Waals surface area contributed by atoms with E-state index in [0.29, 0.717) is 10.7 Å². The molecule has 1 amide bonds. The van der Waals surface area contributed by atoms with Crippen LogP contribution < -0.4 is 14.8 Å². The van der Waals surface area contributed by atoms with Gasteiger partial charge >= 0.3 is 0 Å². The Balaban J connectivity index is 1.89. The van der Waals surface area contributed by atoms with E-state index < -0.39 is 28.1 Å². The molecule has 0 spiro atoms. The van der Waals surface area contributed by atoms with Crippen molar-refractivity contribution < 1.29 is 27.8 Å². The lowest BCUT2D eigenvalue weighted by molar-refractivity contribution is 0.102. The summed E-state index contributed by atoms with van der Waals surface area (Å²) >= 11 is 6.05. The van der Waals surface area contributed by atoms with E-state index in [1.165, 1.54) is 25.3 Å². The Morgan fingerprint density at radius 1 is 1.25 bits per heavy atom. The minimum absolute atomic E-state index is 0.0218. The van der Waals surface area contributed by atoms with Crippen LogP contribution in [0.25, 0.3) is 0 Å². The quantitative estimate of drug-likeness (QED) is 0.647. The summed E-state index contributed by atoms with van der Waals surface area (Å²) in [6, 6.07) is 9.82. The van der Waals surface area contributed by atoms with Crippen LogP contribution in [0.15, 0.2) is 47.4 Å². The number of halogens is 1. The van der Waals surface area contributed by atoms with E-state index >= 15 is 0 Å². The first-order chi connectivity index (χ1) is 13.3. The van der Waals surface area contributed by atoms with E-state index in [1.54, 1.807) is 24.3 Å². The number of sulfonamides is 1. The lowest BCUT2D eigenvalue weighted by atomic mass is 10.2. The van der Waals surface area contributed by atoms with Crippen molar-refractivity contribution in [1.82, 2.24) is 4.72 Å². The van der Waals surface area contributed by atoms with Gasteiger partial charge in [0, 0.05) is 0 Å². The molecule has 0 unspecified atom stereocenters. The van der Waals surface area contributed by atoms with E-state index in [2.05, 4.69) is 10.0 Å². The van der Waals surface area contributed by atoms with Gasteiger partial charge in [0.1, 0.15) is 5.75 Å². The number of nitrogens with one attached hydrogen (secondary N) is 2. The Morgan fingerprint density at radius 3 is 2.64 bits per heavy atom. The number of para-hydroxylation sites is 1. The summed E-state index contributed by atoms with van der Waals surface area (Å²) in [5.41, 5.74) is 0.405. The minimum atomic E-state index is -3.99. The van der Waals surface area contributed by atoms with Gasteiger partial charge in [0.25, 0.3) is 5.91 Å². The smallest absolute Gasteiger partial charge is 0.259 e. The van der Waals surface area contributed by atoms with Gasteiger partial charge < -0.3 is 19.9 Å². The van der Waals surface area contributed by atoms with E-state index in [-0.39, 0.29) is 29.4 Å². The third-order valence-corrected chi connectivity index (χ3v) is 6.02. The molecule has 0 bridgehead atoms. The number of benzene rings is 2. The molecule has 0 aromatic heterocycles. The molecule has 0 saturated carbocycles. The predicted octanol–water partition coefficient (Wildman–Crippen LogP) is 1.64. The Kier molecular flexibility index (Phi) is 6.21. The van der Waals surface area contributed by atoms with Gasteiger partial charge in [-0.1, -0.05) is 23.7 Å². The number of hydrogen-bond acceptors (Lipinski definition) is 6. The van der Waals surface area contributed by atoms with Gasteiger partial charge in [-0.2, -0.15) is 0 Å². The highest BCUT2D eigenvalue weighted by molar-refractivity contribution is 7.89. The van der Waals surface area contributed by atoms with E-state index in [0.717, 1.165) is 0 Å². The maximum atomic E-state index is 12.7. The molecule has 1 aliphatic heterocycles. The van der Waals surface area contributed by atoms with Gasteiger partial charge in [-0.05, 0) is 30.3 Å². The van der Waals surface area contributed by atoms with Gasteiger partial charge in [0.15, 0.2) is 0 Å². The third-order valence-electron chi connectivity index (χ3n) is 4.20. The molecule has 3 rings (SSSR count). The number of amides is 1. The second-order valence-corrected chi connectivity index (χ2v) is 8.25. The van der Waals surface area contributed by atoms with Crippen LogP contribution in [-0.2, 0) is 14.8 Å². The fraction of sp³-hybridized carbons (Fsp3) is 0.278. The van der Waals surface area contributed by atoms with Crippen LogP contribution in [0.3, 0.4) is 0 Å². The molecule has 1 heterocycles. The topological polar surface area (TPSA) is 114 Å². The number of ether oxygens (including phenoxy) is 2. The number of hydrogen-bond donors (Lipinski definition) is 3. The average molecular weight is 427 g/mol. The van der Waals surface area contributed by atoms with Crippen LogP contribution in [0, 0.1) is 0 Å². The SMILES string of the molecule is COc1ccc(S(=O)(=O)N[C@@H]2COC[C@@H]2O)cc1C(=O)Nc1ccccc1Cl. The summed E-state index contributed by atoms with van der Waals surface area (Å²) in [6.45, 7) is 0.123. The van der Waals surface area contributed by atoms with Gasteiger partial charge in [0.2, 0.25) is 10.0 Å². The molecule has 2 aromatic rings. The molecule has 1 aliphatic rings. The van der Waals surface area contributed by atoms with Crippen LogP contribution in [0.1, 0.15) is 10.4 Å². The molecule has 150 valence electrons. The van der Waals surface area contributed by atoms with Crippen molar-refractivity contribution in [3.05, 3.63) is 53.1 Å². The zero-order valence-corrected chi connectivity index (χ0v) is 16.5. The number of carbonyl (C=O) groups excluding carboxylic acids is 1. The summed E-state index contributed by atoms with van der Waals surface area (Å²) in [5.74, 6) is -0.376. The maximum absolute atomic E-state index is 12.7. The summed E-state index contributed by atoms with van der Waals surface area (Å²) in [6.07, 6.45) is -0.934. The lowest BCUT2D eigenvalue weighted by Crippen LogP contribution is -2.42. The summed E-state index contributed by atoms with van der Waals surface area (Å²) in [5, 5.41) is 12.7. The standard InChI is InChI=1S/C18H19ClN2O6S/c1-26-17-7-6-11(28(24,25)21-15-9-27-10-16(15)22)8-12(17)18(23)20-14-5-3-2-4-13(14)19/h2-8,15-16,21-22H,9-10H2,1H3,(H,20,23)/t15-,16+/m1/s1. The van der Waals surface area contributed by atoms with Crippen LogP contribution in [0.4, 0.5) is 5.69 Å². The fourth-order valence-electron chi connectivity index (χ4n) is 2.71. The van der Waals surface area contributed by atoms with E-state index in [9.17, 15) is 18.3 Å². The lowest BCUT2D eigenvalue weighted by Gasteiger charge is -2.16. The summed E-state index contributed by atoms with van der Waals surface area (Å²) in [4.78, 5) is 12.6. The van der Waals surface area contributed by atoms with Crippen molar-refractivity contribution >= 4 is 33.2 Å². The number of carbonyl (C=O) groups is 1. The predicted molar refractivity (Wildman–Crippen MR) is 103 cm³/mol. The van der Waals surface area contributed by atoms with Crippen LogP contribution in [0.2, 0.25) is 5.02 Å². The molecule has 1 fully saturated rings. The highest BCUT2D eigenvalue weighted by atomic mass is 35.5. The molecule has 8 nitrogen and oxygen atoms in total. The molecule has 28 heavy (non-hydrogen) atoms. The first-order valence-electron chi connectivity index (χ1n) is 8.34. The first kappa shape index (κ1) is 20.6. The van der Waals surface area contributed by atoms with Crippen molar-refractivity contribution in [2.24, 2.45) is 0 Å². The maximum Gasteiger partial charge on any atom is 0.259 e. The second-order valence-electron chi connectivity index (χ2n) is 6.13. The molecule has 3 N–H and O–H groups in total. The molecule has 1 saturated heterocycles. The van der Waals surface area contributed by atoms with Crippen molar-refractivity contribution in [1.29, 1.82) is 0 Å². The Labute approximate surface area is 167 Å². The molecule has 0 aliphatic carbocycles. The molecule has 2 atom stereocenters. The van der Waals surface area contributed by atoms with Crippen molar-refractivity contribution in [3.8, 4) is 5.75 Å². The third kappa shape index (κ3) is 4.45. The van der Waals surface area contributed by atoms with Crippen molar-refractivity contribution in [2.75, 3.05) is 25.6 Å². The van der Waals surface area contributed by atoms with E-state index in [1.807, 2.05) is 0 Å². The monoisotopic (exact) mass is 426 g/mol. The van der Waals surface area contributed by atoms with Crippen molar-refractivity contribution in [2.45, 2.75) is 17.0 Å². The highest BCUT2D eigenvalue weighted by Gasteiger charge is 2.31. The zero-order valence-electron chi connectivity index (χ0n) is 14.9. The summed E-state index contributed by atoms with van der Waals surface area (Å²) in [7, 11) is -2.62. The zero-order chi connectivity index (χ0) is 20.3. The molecule has 10 heteroatoms. The average Bonchev–Trinajstić information content (AvgIpc) is 3.07. The molecular formula is C18H19ClN2O6S. The number of methoxy groups -OCH3 is 1. The van der Waals surface area contributed by atoms with E-state index in [4.69, 9.17) is 21.1 Å². The summed E-state index contributed by atoms with van der Waals surface area (Å²) < 4.78 is 37.9. The number of anilines is 1. The Morgan fingerprint density at radius 2 is 2.00 bits per heavy atom. The molecule has 2 aromatic carbocycles. The number of aliphatic hydroxyl groups is 1. The van der Waals surface area contributed by atoms with Crippen molar-refractivity contribution in [3.63, 3.8) is 0 Å².